The number of nitrogens with zero attached hydrogens (tertiary/aromatic N) is 2. The fraction of sp³-hybridized carbons (Fsp3) is 0.636. The van der Waals surface area contributed by atoms with Gasteiger partial charge in [0.05, 0.1) is 12.1 Å². The predicted octanol–water partition coefficient (Wildman–Crippen LogP) is -0.465. The van der Waals surface area contributed by atoms with E-state index in [1.54, 1.807) is 6.92 Å². The summed E-state index contributed by atoms with van der Waals surface area (Å²) in [4.78, 5) is 7.84. The highest BCUT2D eigenvalue weighted by molar-refractivity contribution is 6.30. The molecule has 0 radical (unpaired) electrons. The Morgan fingerprint density at radius 1 is 1.37 bits per heavy atom. The highest BCUT2D eigenvalue weighted by Crippen LogP contribution is 2.30. The fourth-order valence-electron chi connectivity index (χ4n) is 2.27. The number of aliphatic hydroxyl groups is 3. The van der Waals surface area contributed by atoms with Crippen LogP contribution < -0.4 is 11.1 Å². The maximum atomic E-state index is 9.92. The zero-order valence-corrected chi connectivity index (χ0v) is 11.2. The molecule has 0 bridgehead atoms. The van der Waals surface area contributed by atoms with Gasteiger partial charge in [-0.25, -0.2) is 4.98 Å². The van der Waals surface area contributed by atoms with Crippen LogP contribution in [-0.2, 0) is 0 Å². The van der Waals surface area contributed by atoms with Gasteiger partial charge in [0.15, 0.2) is 0 Å². The van der Waals surface area contributed by atoms with Gasteiger partial charge < -0.3 is 26.4 Å². The third kappa shape index (κ3) is 2.74. The second-order valence-corrected chi connectivity index (χ2v) is 5.11. The molecule has 4 unspecified atom stereocenters. The Balaban J connectivity index is 2.18. The van der Waals surface area contributed by atoms with Crippen LogP contribution in [0, 0.1) is 12.8 Å². The molecule has 1 fully saturated rings. The lowest BCUT2D eigenvalue weighted by atomic mass is 10.1. The van der Waals surface area contributed by atoms with Gasteiger partial charge in [0.25, 0.3) is 0 Å². The van der Waals surface area contributed by atoms with Gasteiger partial charge in [-0.05, 0) is 13.3 Å². The molecule has 7 nitrogen and oxygen atoms in total. The first-order valence-electron chi connectivity index (χ1n) is 5.97. The van der Waals surface area contributed by atoms with Gasteiger partial charge in [0.1, 0.15) is 17.1 Å². The molecule has 1 aromatic rings. The molecule has 0 saturated heterocycles. The number of anilines is 2. The molecule has 6 N–H and O–H groups in total. The standard InChI is InChI=1S/C11H17ClN4O3/c1-4-9(12)15-11(13)16-10(4)14-6-2-5(3-17)7(18)8(6)19/h5-8,17-19H,2-3H2,1H3,(H3,13,14,15,16). The van der Waals surface area contributed by atoms with Crippen molar-refractivity contribution in [2.75, 3.05) is 17.7 Å². The van der Waals surface area contributed by atoms with Crippen molar-refractivity contribution in [2.24, 2.45) is 5.92 Å². The topological polar surface area (TPSA) is 125 Å². The van der Waals surface area contributed by atoms with Crippen LogP contribution in [-0.4, -0.2) is 50.1 Å². The number of rotatable bonds is 3. The number of aliphatic hydroxyl groups excluding tert-OH is 3. The molecule has 0 aromatic carbocycles. The average molecular weight is 289 g/mol. The van der Waals surface area contributed by atoms with Crippen molar-refractivity contribution >= 4 is 23.4 Å². The second-order valence-electron chi connectivity index (χ2n) is 4.76. The molecule has 0 amide bonds. The maximum Gasteiger partial charge on any atom is 0.223 e. The summed E-state index contributed by atoms with van der Waals surface area (Å²) in [6.45, 7) is 1.55. The van der Waals surface area contributed by atoms with Gasteiger partial charge in [-0.3, -0.25) is 0 Å². The third-order valence-corrected chi connectivity index (χ3v) is 3.83. The molecule has 0 aliphatic heterocycles. The van der Waals surface area contributed by atoms with Gasteiger partial charge >= 0.3 is 0 Å². The third-order valence-electron chi connectivity index (χ3n) is 3.46. The zero-order chi connectivity index (χ0) is 14.2. The maximum absolute atomic E-state index is 9.92. The van der Waals surface area contributed by atoms with Gasteiger partial charge in [-0.15, -0.1) is 0 Å². The lowest BCUT2D eigenvalue weighted by molar-refractivity contribution is 0.00445. The molecule has 19 heavy (non-hydrogen) atoms. The van der Waals surface area contributed by atoms with E-state index >= 15 is 0 Å². The largest absolute Gasteiger partial charge is 0.396 e. The molecule has 0 spiro atoms. The Bertz CT molecular complexity index is 473. The first-order valence-corrected chi connectivity index (χ1v) is 6.35. The second kappa shape index (κ2) is 5.46. The molecule has 1 aliphatic rings. The van der Waals surface area contributed by atoms with Crippen LogP contribution in [0.1, 0.15) is 12.0 Å². The number of nitrogens with two attached hydrogens (primary N) is 1. The number of nitrogens with one attached hydrogen (secondary N) is 1. The van der Waals surface area contributed by atoms with Crippen molar-refractivity contribution in [3.8, 4) is 0 Å². The first-order chi connectivity index (χ1) is 8.93. The number of aromatic nitrogens is 2. The van der Waals surface area contributed by atoms with Crippen LogP contribution >= 0.6 is 11.6 Å². The number of hydrogen-bond acceptors (Lipinski definition) is 7. The van der Waals surface area contributed by atoms with Crippen LogP contribution in [0.4, 0.5) is 11.8 Å². The summed E-state index contributed by atoms with van der Waals surface area (Å²) in [6, 6.07) is -0.420. The fourth-order valence-corrected chi connectivity index (χ4v) is 2.45. The van der Waals surface area contributed by atoms with Gasteiger partial charge in [-0.2, -0.15) is 4.98 Å². The van der Waals surface area contributed by atoms with E-state index in [1.165, 1.54) is 0 Å². The summed E-state index contributed by atoms with van der Waals surface area (Å²) in [7, 11) is 0. The van der Waals surface area contributed by atoms with Crippen LogP contribution in [0.25, 0.3) is 0 Å². The molecule has 2 rings (SSSR count). The van der Waals surface area contributed by atoms with Crippen LogP contribution in [0.3, 0.4) is 0 Å². The lowest BCUT2D eigenvalue weighted by Crippen LogP contribution is -2.35. The smallest absolute Gasteiger partial charge is 0.223 e. The molecule has 1 aromatic heterocycles. The van der Waals surface area contributed by atoms with E-state index in [0.717, 1.165) is 0 Å². The zero-order valence-electron chi connectivity index (χ0n) is 10.4. The molecular formula is C11H17ClN4O3. The monoisotopic (exact) mass is 288 g/mol. The lowest BCUT2D eigenvalue weighted by Gasteiger charge is -2.20. The molecular weight excluding hydrogens is 272 g/mol. The highest BCUT2D eigenvalue weighted by Gasteiger charge is 2.41. The molecule has 8 heteroatoms. The van der Waals surface area contributed by atoms with E-state index in [-0.39, 0.29) is 23.6 Å². The SMILES string of the molecule is Cc1c(Cl)nc(N)nc1NC1CC(CO)C(O)C1O. The Morgan fingerprint density at radius 2 is 2.05 bits per heavy atom. The van der Waals surface area contributed by atoms with Crippen molar-refractivity contribution in [1.82, 2.24) is 9.97 Å². The van der Waals surface area contributed by atoms with Crippen LogP contribution in [0.15, 0.2) is 0 Å². The molecule has 1 heterocycles. The summed E-state index contributed by atoms with van der Waals surface area (Å²) in [5.74, 6) is 0.0969. The highest BCUT2D eigenvalue weighted by atomic mass is 35.5. The summed E-state index contributed by atoms with van der Waals surface area (Å²) >= 11 is 5.90. The van der Waals surface area contributed by atoms with Gasteiger partial charge in [0.2, 0.25) is 5.95 Å². The Labute approximate surface area is 115 Å². The number of hydrogen-bond donors (Lipinski definition) is 5. The molecule has 4 atom stereocenters. The minimum atomic E-state index is -0.980. The van der Waals surface area contributed by atoms with E-state index in [0.29, 0.717) is 17.8 Å². The van der Waals surface area contributed by atoms with Crippen molar-refractivity contribution < 1.29 is 15.3 Å². The Hall–Kier alpha value is -1.15. The van der Waals surface area contributed by atoms with Crippen LogP contribution in [0.5, 0.6) is 0 Å². The summed E-state index contributed by atoms with van der Waals surface area (Å²) in [6.07, 6.45) is -1.51. The van der Waals surface area contributed by atoms with Crippen molar-refractivity contribution in [3.05, 3.63) is 10.7 Å². The predicted molar refractivity (Wildman–Crippen MR) is 70.8 cm³/mol. The van der Waals surface area contributed by atoms with E-state index in [9.17, 15) is 10.2 Å². The van der Waals surface area contributed by atoms with Crippen LogP contribution in [0.2, 0.25) is 5.15 Å². The van der Waals surface area contributed by atoms with Gasteiger partial charge in [0, 0.05) is 18.1 Å². The summed E-state index contributed by atoms with van der Waals surface area (Å²) in [5, 5.41) is 32.0. The Kier molecular flexibility index (Phi) is 4.10. The summed E-state index contributed by atoms with van der Waals surface area (Å²) in [5.41, 5.74) is 6.14. The van der Waals surface area contributed by atoms with E-state index in [4.69, 9.17) is 22.4 Å². The number of halogens is 1. The minimum absolute atomic E-state index is 0.0323. The van der Waals surface area contributed by atoms with E-state index < -0.39 is 18.2 Å². The number of nitrogen functional groups attached to an aromatic ring is 1. The first kappa shape index (κ1) is 14.3. The average Bonchev–Trinajstić information content (AvgIpc) is 2.63. The van der Waals surface area contributed by atoms with Crippen molar-refractivity contribution in [3.63, 3.8) is 0 Å². The van der Waals surface area contributed by atoms with Crippen molar-refractivity contribution in [1.29, 1.82) is 0 Å². The Morgan fingerprint density at radius 3 is 2.63 bits per heavy atom. The van der Waals surface area contributed by atoms with E-state index in [1.807, 2.05) is 0 Å². The van der Waals surface area contributed by atoms with Gasteiger partial charge in [-0.1, -0.05) is 11.6 Å². The molecule has 106 valence electrons. The molecule has 1 aliphatic carbocycles. The van der Waals surface area contributed by atoms with E-state index in [2.05, 4.69) is 15.3 Å². The molecule has 1 saturated carbocycles. The minimum Gasteiger partial charge on any atom is -0.396 e. The normalized spacial score (nSPS) is 30.6. The van der Waals surface area contributed by atoms with Crippen molar-refractivity contribution in [2.45, 2.75) is 31.6 Å². The summed E-state index contributed by atoms with van der Waals surface area (Å²) < 4.78 is 0. The quantitative estimate of drug-likeness (QED) is 0.476.